The monoisotopic (exact) mass is 390 g/mol. The molecular formula is C19H16ClFN2O2S. The van der Waals surface area contributed by atoms with Gasteiger partial charge in [0.05, 0.1) is 6.61 Å². The molecule has 0 unspecified atom stereocenters. The van der Waals surface area contributed by atoms with Crippen LogP contribution in [0.4, 0.5) is 10.1 Å². The number of anilines is 1. The van der Waals surface area contributed by atoms with E-state index in [-0.39, 0.29) is 11.6 Å². The third-order valence-corrected chi connectivity index (χ3v) is 4.57. The fourth-order valence-corrected chi connectivity index (χ4v) is 3.26. The fourth-order valence-electron chi connectivity index (χ4n) is 2.24. The predicted octanol–water partition coefficient (Wildman–Crippen LogP) is 5.64. The summed E-state index contributed by atoms with van der Waals surface area (Å²) in [6.45, 7) is 2.51. The van der Waals surface area contributed by atoms with E-state index in [1.165, 1.54) is 17.4 Å². The summed E-state index contributed by atoms with van der Waals surface area (Å²) in [5, 5.41) is 5.26. The smallest absolute Gasteiger partial charge is 0.275 e. The number of amides is 1. The van der Waals surface area contributed by atoms with Crippen LogP contribution in [0.2, 0.25) is 5.02 Å². The Morgan fingerprint density at radius 1 is 1.31 bits per heavy atom. The zero-order valence-electron chi connectivity index (χ0n) is 14.0. The molecule has 0 spiro atoms. The third-order valence-electron chi connectivity index (χ3n) is 3.46. The highest BCUT2D eigenvalue weighted by molar-refractivity contribution is 7.13. The number of aromatic nitrogens is 1. The van der Waals surface area contributed by atoms with Crippen molar-refractivity contribution in [1.82, 2.24) is 4.98 Å². The average Bonchev–Trinajstić information content (AvgIpc) is 3.10. The van der Waals surface area contributed by atoms with Crippen LogP contribution in [-0.2, 0) is 0 Å². The van der Waals surface area contributed by atoms with Gasteiger partial charge in [-0.2, -0.15) is 0 Å². The SMILES string of the molecule is CCCOc1ccc(-c2nc(C(=O)Nc3cccc(Cl)c3)cs2)c(F)c1. The van der Waals surface area contributed by atoms with Crippen molar-refractivity contribution in [2.24, 2.45) is 0 Å². The Kier molecular flexibility index (Phi) is 5.85. The molecule has 0 bridgehead atoms. The number of rotatable bonds is 6. The van der Waals surface area contributed by atoms with E-state index < -0.39 is 5.82 Å². The van der Waals surface area contributed by atoms with Gasteiger partial charge in [0.1, 0.15) is 22.3 Å². The summed E-state index contributed by atoms with van der Waals surface area (Å²) in [4.78, 5) is 16.5. The van der Waals surface area contributed by atoms with Crippen LogP contribution in [0.25, 0.3) is 10.6 Å². The molecule has 0 aliphatic carbocycles. The van der Waals surface area contributed by atoms with Crippen molar-refractivity contribution in [3.8, 4) is 16.3 Å². The molecule has 7 heteroatoms. The molecule has 3 aromatic rings. The van der Waals surface area contributed by atoms with E-state index in [1.54, 1.807) is 41.8 Å². The number of ether oxygens (including phenoxy) is 1. The lowest BCUT2D eigenvalue weighted by atomic mass is 10.2. The molecule has 1 N–H and O–H groups in total. The van der Waals surface area contributed by atoms with Gasteiger partial charge >= 0.3 is 0 Å². The van der Waals surface area contributed by atoms with E-state index >= 15 is 0 Å². The van der Waals surface area contributed by atoms with E-state index in [0.717, 1.165) is 6.42 Å². The number of benzene rings is 2. The molecule has 1 amide bonds. The van der Waals surface area contributed by atoms with Crippen LogP contribution >= 0.6 is 22.9 Å². The molecule has 1 heterocycles. The molecule has 1 aromatic heterocycles. The fraction of sp³-hybridized carbons (Fsp3) is 0.158. The van der Waals surface area contributed by atoms with E-state index in [1.807, 2.05) is 6.92 Å². The van der Waals surface area contributed by atoms with Crippen LogP contribution in [0.5, 0.6) is 5.75 Å². The molecule has 0 saturated heterocycles. The number of nitrogens with one attached hydrogen (secondary N) is 1. The first kappa shape index (κ1) is 18.4. The van der Waals surface area contributed by atoms with Gasteiger partial charge in [0.15, 0.2) is 0 Å². The second-order valence-electron chi connectivity index (χ2n) is 5.49. The number of thiazole rings is 1. The van der Waals surface area contributed by atoms with Crippen LogP contribution in [-0.4, -0.2) is 17.5 Å². The minimum atomic E-state index is -0.435. The highest BCUT2D eigenvalue weighted by Gasteiger charge is 2.15. The molecular weight excluding hydrogens is 375 g/mol. The molecule has 0 atom stereocenters. The maximum Gasteiger partial charge on any atom is 0.275 e. The van der Waals surface area contributed by atoms with Gasteiger partial charge in [-0.25, -0.2) is 9.37 Å². The van der Waals surface area contributed by atoms with Crippen molar-refractivity contribution >= 4 is 34.5 Å². The van der Waals surface area contributed by atoms with Crippen LogP contribution in [0.15, 0.2) is 47.8 Å². The summed E-state index contributed by atoms with van der Waals surface area (Å²) in [7, 11) is 0. The molecule has 0 fully saturated rings. The quantitative estimate of drug-likeness (QED) is 0.592. The summed E-state index contributed by atoms with van der Waals surface area (Å²) in [5.41, 5.74) is 1.12. The molecule has 2 aromatic carbocycles. The molecule has 0 aliphatic rings. The Hall–Kier alpha value is -2.44. The summed E-state index contributed by atoms with van der Waals surface area (Å²) in [6.07, 6.45) is 0.848. The minimum Gasteiger partial charge on any atom is -0.494 e. The van der Waals surface area contributed by atoms with Crippen molar-refractivity contribution in [1.29, 1.82) is 0 Å². The summed E-state index contributed by atoms with van der Waals surface area (Å²) in [5.74, 6) is -0.337. The zero-order chi connectivity index (χ0) is 18.5. The zero-order valence-corrected chi connectivity index (χ0v) is 15.5. The third kappa shape index (κ3) is 4.39. The first-order chi connectivity index (χ1) is 12.6. The molecule has 26 heavy (non-hydrogen) atoms. The largest absolute Gasteiger partial charge is 0.494 e. The maximum atomic E-state index is 14.3. The molecule has 4 nitrogen and oxygen atoms in total. The van der Waals surface area contributed by atoms with Gasteiger partial charge in [0, 0.05) is 27.7 Å². The Balaban J connectivity index is 1.76. The van der Waals surface area contributed by atoms with Crippen LogP contribution in [0.1, 0.15) is 23.8 Å². The minimum absolute atomic E-state index is 0.218. The van der Waals surface area contributed by atoms with Gasteiger partial charge in [-0.3, -0.25) is 4.79 Å². The van der Waals surface area contributed by atoms with Gasteiger partial charge in [-0.1, -0.05) is 24.6 Å². The molecule has 0 aliphatic heterocycles. The Bertz CT molecular complexity index is 929. The summed E-state index contributed by atoms with van der Waals surface area (Å²) in [6, 6.07) is 11.5. The lowest BCUT2D eigenvalue weighted by Gasteiger charge is -2.06. The number of hydrogen-bond acceptors (Lipinski definition) is 4. The van der Waals surface area contributed by atoms with E-state index in [0.29, 0.717) is 33.6 Å². The van der Waals surface area contributed by atoms with E-state index in [4.69, 9.17) is 16.3 Å². The van der Waals surface area contributed by atoms with Gasteiger partial charge in [0.2, 0.25) is 0 Å². The van der Waals surface area contributed by atoms with Crippen LogP contribution in [0.3, 0.4) is 0 Å². The number of halogens is 2. The lowest BCUT2D eigenvalue weighted by molar-refractivity contribution is 0.102. The Labute approximate surface area is 159 Å². The average molecular weight is 391 g/mol. The summed E-state index contributed by atoms with van der Waals surface area (Å²) < 4.78 is 19.8. The van der Waals surface area contributed by atoms with Crippen molar-refractivity contribution in [2.45, 2.75) is 13.3 Å². The lowest BCUT2D eigenvalue weighted by Crippen LogP contribution is -2.12. The predicted molar refractivity (Wildman–Crippen MR) is 103 cm³/mol. The maximum absolute atomic E-state index is 14.3. The van der Waals surface area contributed by atoms with Gasteiger partial charge in [-0.05, 0) is 36.8 Å². The van der Waals surface area contributed by atoms with Crippen LogP contribution < -0.4 is 10.1 Å². The standard InChI is InChI=1S/C19H16ClFN2O2S/c1-2-8-25-14-6-7-15(16(21)10-14)19-23-17(11-26-19)18(24)22-13-5-3-4-12(20)9-13/h3-7,9-11H,2,8H2,1H3,(H,22,24). The number of nitrogens with zero attached hydrogens (tertiary/aromatic N) is 1. The Morgan fingerprint density at radius 3 is 2.88 bits per heavy atom. The van der Waals surface area contributed by atoms with Gasteiger partial charge < -0.3 is 10.1 Å². The van der Waals surface area contributed by atoms with Crippen molar-refractivity contribution < 1.29 is 13.9 Å². The van der Waals surface area contributed by atoms with Crippen LogP contribution in [0, 0.1) is 5.82 Å². The Morgan fingerprint density at radius 2 is 2.15 bits per heavy atom. The summed E-state index contributed by atoms with van der Waals surface area (Å²) >= 11 is 7.11. The van der Waals surface area contributed by atoms with Crippen molar-refractivity contribution in [3.05, 3.63) is 64.4 Å². The van der Waals surface area contributed by atoms with Crippen molar-refractivity contribution in [2.75, 3.05) is 11.9 Å². The first-order valence-corrected chi connectivity index (χ1v) is 9.27. The van der Waals surface area contributed by atoms with Gasteiger partial charge in [-0.15, -0.1) is 11.3 Å². The highest BCUT2D eigenvalue weighted by atomic mass is 35.5. The molecule has 134 valence electrons. The topological polar surface area (TPSA) is 51.2 Å². The molecule has 0 saturated carbocycles. The second-order valence-corrected chi connectivity index (χ2v) is 6.79. The first-order valence-electron chi connectivity index (χ1n) is 8.02. The number of carbonyl (C=O) groups is 1. The normalized spacial score (nSPS) is 10.6. The molecule has 0 radical (unpaired) electrons. The van der Waals surface area contributed by atoms with E-state index in [9.17, 15) is 9.18 Å². The second kappa shape index (κ2) is 8.29. The van der Waals surface area contributed by atoms with Crippen molar-refractivity contribution in [3.63, 3.8) is 0 Å². The number of hydrogen-bond donors (Lipinski definition) is 1. The number of carbonyl (C=O) groups excluding carboxylic acids is 1. The van der Waals surface area contributed by atoms with Gasteiger partial charge in [0.25, 0.3) is 5.91 Å². The highest BCUT2D eigenvalue weighted by Crippen LogP contribution is 2.29. The molecule has 3 rings (SSSR count). The van der Waals surface area contributed by atoms with E-state index in [2.05, 4.69) is 10.3 Å².